The molecule has 0 fully saturated rings. The molecule has 2 aromatic rings. The maximum atomic E-state index is 6.17. The summed E-state index contributed by atoms with van der Waals surface area (Å²) >= 11 is 8.10. The van der Waals surface area contributed by atoms with Gasteiger partial charge in [0.05, 0.1) is 0 Å². The molecule has 0 aliphatic carbocycles. The van der Waals surface area contributed by atoms with E-state index in [0.29, 0.717) is 6.04 Å². The van der Waals surface area contributed by atoms with E-state index in [-0.39, 0.29) is 0 Å². The van der Waals surface area contributed by atoms with Gasteiger partial charge < -0.3 is 9.88 Å². The molecular weight excluding hydrogens is 300 g/mol. The van der Waals surface area contributed by atoms with Gasteiger partial charge in [-0.15, -0.1) is 11.8 Å². The van der Waals surface area contributed by atoms with Crippen LogP contribution >= 0.6 is 23.4 Å². The average Bonchev–Trinajstić information content (AvgIpc) is 2.93. The Bertz CT molecular complexity index is 609. The van der Waals surface area contributed by atoms with Crippen molar-refractivity contribution in [3.63, 3.8) is 0 Å². The maximum absolute atomic E-state index is 6.17. The van der Waals surface area contributed by atoms with Crippen LogP contribution in [0.25, 0.3) is 0 Å². The summed E-state index contributed by atoms with van der Waals surface area (Å²) < 4.78 is 2.34. The van der Waals surface area contributed by atoms with Gasteiger partial charge in [-0.1, -0.05) is 18.5 Å². The van der Waals surface area contributed by atoms with Crippen molar-refractivity contribution in [2.45, 2.75) is 43.8 Å². The molecule has 2 heterocycles. The van der Waals surface area contributed by atoms with Crippen molar-refractivity contribution in [1.82, 2.24) is 9.88 Å². The van der Waals surface area contributed by atoms with Crippen molar-refractivity contribution in [1.29, 1.82) is 0 Å². The topological polar surface area (TPSA) is 17.0 Å². The Hall–Kier alpha value is -0.900. The van der Waals surface area contributed by atoms with Gasteiger partial charge in [0.2, 0.25) is 0 Å². The van der Waals surface area contributed by atoms with Crippen molar-refractivity contribution in [3.8, 4) is 0 Å². The Labute approximate surface area is 135 Å². The largest absolute Gasteiger partial charge is 0.350 e. The fourth-order valence-electron chi connectivity index (χ4n) is 2.87. The van der Waals surface area contributed by atoms with Crippen LogP contribution in [0.2, 0.25) is 5.02 Å². The molecule has 0 radical (unpaired) electrons. The summed E-state index contributed by atoms with van der Waals surface area (Å²) in [5, 5.41) is 4.54. The van der Waals surface area contributed by atoms with E-state index in [4.69, 9.17) is 11.6 Å². The second kappa shape index (κ2) is 6.91. The molecule has 1 aliphatic heterocycles. The number of hydrogen-bond donors (Lipinski definition) is 1. The van der Waals surface area contributed by atoms with E-state index < -0.39 is 0 Å². The van der Waals surface area contributed by atoms with Gasteiger partial charge in [0.25, 0.3) is 0 Å². The molecule has 0 bridgehead atoms. The normalized spacial score (nSPS) is 17.7. The van der Waals surface area contributed by atoms with Crippen LogP contribution in [0.1, 0.15) is 37.1 Å². The van der Waals surface area contributed by atoms with Gasteiger partial charge in [0.1, 0.15) is 0 Å². The van der Waals surface area contributed by atoms with Gasteiger partial charge in [-0.25, -0.2) is 0 Å². The maximum Gasteiger partial charge on any atom is 0.0410 e. The van der Waals surface area contributed by atoms with Crippen molar-refractivity contribution < 1.29 is 0 Å². The summed E-state index contributed by atoms with van der Waals surface area (Å²) in [6, 6.07) is 11.0. The molecule has 0 saturated carbocycles. The van der Waals surface area contributed by atoms with Crippen LogP contribution in [-0.4, -0.2) is 10.3 Å². The molecule has 21 heavy (non-hydrogen) atoms. The highest BCUT2D eigenvalue weighted by molar-refractivity contribution is 7.99. The summed E-state index contributed by atoms with van der Waals surface area (Å²) in [7, 11) is 0. The SMILES string of the molecule is CCCn1cccc1CNC1CCSc2ccc(Cl)cc21. The lowest BCUT2D eigenvalue weighted by molar-refractivity contribution is 0.493. The minimum atomic E-state index is 0.407. The van der Waals surface area contributed by atoms with E-state index in [1.165, 1.54) is 28.3 Å². The molecule has 1 unspecified atom stereocenters. The third kappa shape index (κ3) is 3.47. The fraction of sp³-hybridized carbons (Fsp3) is 0.412. The lowest BCUT2D eigenvalue weighted by Crippen LogP contribution is -2.25. The molecule has 0 saturated heterocycles. The number of halogens is 1. The Kier molecular flexibility index (Phi) is 4.94. The Balaban J connectivity index is 1.72. The molecule has 1 aliphatic rings. The number of aromatic nitrogens is 1. The van der Waals surface area contributed by atoms with Crippen LogP contribution in [0, 0.1) is 0 Å². The average molecular weight is 321 g/mol. The number of aryl methyl sites for hydroxylation is 1. The first-order valence-electron chi connectivity index (χ1n) is 7.57. The molecule has 112 valence electrons. The zero-order chi connectivity index (χ0) is 14.7. The van der Waals surface area contributed by atoms with Gasteiger partial charge in [-0.2, -0.15) is 0 Å². The second-order valence-electron chi connectivity index (χ2n) is 5.45. The van der Waals surface area contributed by atoms with E-state index in [1.54, 1.807) is 0 Å². The van der Waals surface area contributed by atoms with Crippen molar-refractivity contribution in [3.05, 3.63) is 52.8 Å². The highest BCUT2D eigenvalue weighted by atomic mass is 35.5. The van der Waals surface area contributed by atoms with Crippen molar-refractivity contribution >= 4 is 23.4 Å². The van der Waals surface area contributed by atoms with Gasteiger partial charge in [0.15, 0.2) is 0 Å². The molecule has 0 amide bonds. The van der Waals surface area contributed by atoms with Crippen LogP contribution in [0.15, 0.2) is 41.4 Å². The number of thioether (sulfide) groups is 1. The number of nitrogens with zero attached hydrogens (tertiary/aromatic N) is 1. The molecule has 3 rings (SSSR count). The first-order chi connectivity index (χ1) is 10.3. The number of rotatable bonds is 5. The van der Waals surface area contributed by atoms with Crippen LogP contribution < -0.4 is 5.32 Å². The highest BCUT2D eigenvalue weighted by Gasteiger charge is 2.20. The molecule has 0 spiro atoms. The minimum Gasteiger partial charge on any atom is -0.350 e. The third-order valence-corrected chi connectivity index (χ3v) is 5.29. The minimum absolute atomic E-state index is 0.407. The van der Waals surface area contributed by atoms with Crippen molar-refractivity contribution in [2.75, 3.05) is 5.75 Å². The molecule has 4 heteroatoms. The van der Waals surface area contributed by atoms with E-state index in [9.17, 15) is 0 Å². The zero-order valence-electron chi connectivity index (χ0n) is 12.3. The first-order valence-corrected chi connectivity index (χ1v) is 8.94. The Morgan fingerprint density at radius 1 is 1.38 bits per heavy atom. The summed E-state index contributed by atoms with van der Waals surface area (Å²) in [5.41, 5.74) is 2.71. The molecule has 1 aromatic carbocycles. The van der Waals surface area contributed by atoms with Gasteiger partial charge in [0, 0.05) is 40.9 Å². The molecule has 1 aromatic heterocycles. The standard InChI is InChI=1S/C17H21ClN2S/c1-2-8-20-9-3-4-14(20)12-19-16-7-10-21-17-6-5-13(18)11-15(16)17/h3-6,9,11,16,19H,2,7-8,10,12H2,1H3. The molecule has 1 atom stereocenters. The Morgan fingerprint density at radius 2 is 2.29 bits per heavy atom. The van der Waals surface area contributed by atoms with Gasteiger partial charge in [-0.05, 0) is 54.5 Å². The van der Waals surface area contributed by atoms with Crippen LogP contribution in [0.5, 0.6) is 0 Å². The van der Waals surface area contributed by atoms with Crippen molar-refractivity contribution in [2.24, 2.45) is 0 Å². The lowest BCUT2D eigenvalue weighted by atomic mass is 10.0. The third-order valence-electron chi connectivity index (χ3n) is 3.93. The summed E-state index contributed by atoms with van der Waals surface area (Å²) in [5.74, 6) is 1.17. The second-order valence-corrected chi connectivity index (χ2v) is 7.02. The Morgan fingerprint density at radius 3 is 3.14 bits per heavy atom. The van der Waals surface area contributed by atoms with Crippen LogP contribution in [0.4, 0.5) is 0 Å². The summed E-state index contributed by atoms with van der Waals surface area (Å²) in [4.78, 5) is 1.37. The lowest BCUT2D eigenvalue weighted by Gasteiger charge is -2.26. The molecular formula is C17H21ClN2S. The summed E-state index contributed by atoms with van der Waals surface area (Å²) in [6.07, 6.45) is 4.49. The van der Waals surface area contributed by atoms with E-state index in [1.807, 2.05) is 17.8 Å². The number of hydrogen-bond acceptors (Lipinski definition) is 2. The quantitative estimate of drug-likeness (QED) is 0.845. The number of nitrogens with one attached hydrogen (secondary N) is 1. The van der Waals surface area contributed by atoms with E-state index in [2.05, 4.69) is 47.3 Å². The predicted octanol–water partition coefficient (Wildman–Crippen LogP) is 4.88. The van der Waals surface area contributed by atoms with Crippen LogP contribution in [-0.2, 0) is 13.1 Å². The fourth-order valence-corrected chi connectivity index (χ4v) is 4.16. The van der Waals surface area contributed by atoms with E-state index >= 15 is 0 Å². The predicted molar refractivity (Wildman–Crippen MR) is 91.1 cm³/mol. The monoisotopic (exact) mass is 320 g/mol. The van der Waals surface area contributed by atoms with Gasteiger partial charge >= 0.3 is 0 Å². The van der Waals surface area contributed by atoms with E-state index in [0.717, 1.165) is 24.5 Å². The number of benzene rings is 1. The summed E-state index contributed by atoms with van der Waals surface area (Å²) in [6.45, 7) is 4.22. The number of fused-ring (bicyclic) bond motifs is 1. The molecule has 2 nitrogen and oxygen atoms in total. The molecule has 1 N–H and O–H groups in total. The zero-order valence-corrected chi connectivity index (χ0v) is 13.9. The highest BCUT2D eigenvalue weighted by Crippen LogP contribution is 2.37. The van der Waals surface area contributed by atoms with Gasteiger partial charge in [-0.3, -0.25) is 0 Å². The van der Waals surface area contributed by atoms with Crippen LogP contribution in [0.3, 0.4) is 0 Å². The smallest absolute Gasteiger partial charge is 0.0410 e. The first kappa shape index (κ1) is 15.0.